The normalized spacial score (nSPS) is 9.80. The second kappa shape index (κ2) is 4.68. The Kier molecular flexibility index (Phi) is 3.55. The number of hydrogen-bond acceptors (Lipinski definition) is 4. The number of nitrogens with two attached hydrogens (primary N) is 1. The summed E-state index contributed by atoms with van der Waals surface area (Å²) in [6.45, 7) is 4.64. The van der Waals surface area contributed by atoms with Gasteiger partial charge in [0.2, 0.25) is 0 Å². The van der Waals surface area contributed by atoms with Gasteiger partial charge in [-0.1, -0.05) is 0 Å². The molecule has 15 heavy (non-hydrogen) atoms. The van der Waals surface area contributed by atoms with Crippen LogP contribution in [0, 0.1) is 6.92 Å². The number of rotatable bonds is 3. The molecular weight excluding hydrogens is 192 g/mol. The number of carbonyl (C=O) groups excluding carboxylic acids is 1. The lowest BCUT2D eigenvalue weighted by atomic mass is 10.1. The number of hydrogen-bond donors (Lipinski definition) is 2. The molecule has 0 amide bonds. The number of nitrogen functional groups attached to an aromatic ring is 1. The zero-order valence-electron chi connectivity index (χ0n) is 9.26. The molecule has 0 aliphatic rings. The van der Waals surface area contributed by atoms with Crippen molar-refractivity contribution in [2.24, 2.45) is 0 Å². The van der Waals surface area contributed by atoms with E-state index in [0.29, 0.717) is 11.3 Å². The highest BCUT2D eigenvalue weighted by atomic mass is 16.5. The van der Waals surface area contributed by atoms with Gasteiger partial charge in [0.1, 0.15) is 0 Å². The number of methoxy groups -OCH3 is 1. The van der Waals surface area contributed by atoms with Crippen molar-refractivity contribution in [2.45, 2.75) is 13.8 Å². The Morgan fingerprint density at radius 3 is 2.73 bits per heavy atom. The van der Waals surface area contributed by atoms with E-state index in [-0.39, 0.29) is 5.97 Å². The molecule has 3 N–H and O–H groups in total. The lowest BCUT2D eigenvalue weighted by Crippen LogP contribution is -2.07. The minimum Gasteiger partial charge on any atom is -0.465 e. The smallest absolute Gasteiger partial charge is 0.338 e. The molecule has 0 unspecified atom stereocenters. The molecule has 0 aliphatic heterocycles. The molecule has 4 nitrogen and oxygen atoms in total. The Morgan fingerprint density at radius 2 is 2.20 bits per heavy atom. The molecule has 0 saturated carbocycles. The highest BCUT2D eigenvalue weighted by Gasteiger charge is 2.11. The van der Waals surface area contributed by atoms with Gasteiger partial charge >= 0.3 is 5.97 Å². The van der Waals surface area contributed by atoms with E-state index in [0.717, 1.165) is 17.8 Å². The number of benzene rings is 1. The van der Waals surface area contributed by atoms with Crippen molar-refractivity contribution >= 4 is 17.3 Å². The van der Waals surface area contributed by atoms with Crippen LogP contribution in [0.1, 0.15) is 22.8 Å². The first-order valence-electron chi connectivity index (χ1n) is 4.82. The molecule has 1 rings (SSSR count). The number of carbonyl (C=O) groups is 1. The molecule has 82 valence electrons. The van der Waals surface area contributed by atoms with Crippen LogP contribution in [-0.4, -0.2) is 19.6 Å². The molecule has 0 saturated heterocycles. The van der Waals surface area contributed by atoms with Crippen LogP contribution >= 0.6 is 0 Å². The van der Waals surface area contributed by atoms with Gasteiger partial charge in [0.05, 0.1) is 24.0 Å². The Bertz CT molecular complexity index is 375. The van der Waals surface area contributed by atoms with E-state index in [9.17, 15) is 4.79 Å². The summed E-state index contributed by atoms with van der Waals surface area (Å²) in [5.74, 6) is -0.359. The van der Waals surface area contributed by atoms with E-state index in [1.165, 1.54) is 7.11 Å². The molecular formula is C11H16N2O2. The maximum atomic E-state index is 11.4. The highest BCUT2D eigenvalue weighted by molar-refractivity contribution is 5.93. The molecule has 0 bridgehead atoms. The topological polar surface area (TPSA) is 64.3 Å². The molecule has 0 aliphatic carbocycles. The zero-order valence-corrected chi connectivity index (χ0v) is 9.26. The molecule has 1 aromatic rings. The fourth-order valence-electron chi connectivity index (χ4n) is 1.40. The highest BCUT2D eigenvalue weighted by Crippen LogP contribution is 2.23. The van der Waals surface area contributed by atoms with Crippen molar-refractivity contribution in [1.82, 2.24) is 0 Å². The van der Waals surface area contributed by atoms with Crippen LogP contribution in [0.3, 0.4) is 0 Å². The maximum Gasteiger partial charge on any atom is 0.338 e. The Labute approximate surface area is 89.4 Å². The van der Waals surface area contributed by atoms with Crippen LogP contribution in [0.15, 0.2) is 12.1 Å². The van der Waals surface area contributed by atoms with Gasteiger partial charge in [-0.15, -0.1) is 0 Å². The first-order chi connectivity index (χ1) is 7.10. The second-order valence-corrected chi connectivity index (χ2v) is 3.28. The lowest BCUT2D eigenvalue weighted by molar-refractivity contribution is 0.0600. The minimum atomic E-state index is -0.359. The van der Waals surface area contributed by atoms with Crippen molar-refractivity contribution in [3.05, 3.63) is 23.3 Å². The van der Waals surface area contributed by atoms with Crippen LogP contribution < -0.4 is 11.1 Å². The van der Waals surface area contributed by atoms with Crippen LogP contribution in [0.5, 0.6) is 0 Å². The van der Waals surface area contributed by atoms with Crippen LogP contribution in [0.4, 0.5) is 11.4 Å². The maximum absolute atomic E-state index is 11.4. The third-order valence-electron chi connectivity index (χ3n) is 2.17. The van der Waals surface area contributed by atoms with E-state index in [1.807, 2.05) is 19.9 Å². The molecule has 0 heterocycles. The van der Waals surface area contributed by atoms with E-state index in [2.05, 4.69) is 10.1 Å². The average molecular weight is 208 g/mol. The van der Waals surface area contributed by atoms with Gasteiger partial charge in [-0.05, 0) is 31.5 Å². The second-order valence-electron chi connectivity index (χ2n) is 3.28. The van der Waals surface area contributed by atoms with E-state index in [4.69, 9.17) is 5.73 Å². The van der Waals surface area contributed by atoms with Crippen molar-refractivity contribution in [2.75, 3.05) is 24.7 Å². The molecule has 0 radical (unpaired) electrons. The molecule has 4 heteroatoms. The van der Waals surface area contributed by atoms with Crippen LogP contribution in [0.2, 0.25) is 0 Å². The first kappa shape index (κ1) is 11.4. The number of ether oxygens (including phenoxy) is 1. The van der Waals surface area contributed by atoms with Gasteiger partial charge in [0.25, 0.3) is 0 Å². The van der Waals surface area contributed by atoms with Crippen molar-refractivity contribution < 1.29 is 9.53 Å². The third kappa shape index (κ3) is 2.40. The summed E-state index contributed by atoms with van der Waals surface area (Å²) in [6, 6.07) is 3.49. The summed E-state index contributed by atoms with van der Waals surface area (Å²) in [4.78, 5) is 11.4. The predicted octanol–water partition coefficient (Wildman–Crippen LogP) is 1.80. The fourth-order valence-corrected chi connectivity index (χ4v) is 1.40. The Balaban J connectivity index is 3.13. The first-order valence-corrected chi connectivity index (χ1v) is 4.82. The zero-order chi connectivity index (χ0) is 11.4. The fraction of sp³-hybridized carbons (Fsp3) is 0.364. The quantitative estimate of drug-likeness (QED) is 0.587. The van der Waals surface area contributed by atoms with Crippen LogP contribution in [0.25, 0.3) is 0 Å². The summed E-state index contributed by atoms with van der Waals surface area (Å²) in [6.07, 6.45) is 0. The van der Waals surface area contributed by atoms with Gasteiger partial charge in [0, 0.05) is 6.54 Å². The lowest BCUT2D eigenvalue weighted by Gasteiger charge is -2.11. The molecule has 0 spiro atoms. The SMILES string of the molecule is CCNc1cc(C)c(C(=O)OC)cc1N. The van der Waals surface area contributed by atoms with Gasteiger partial charge in [-0.25, -0.2) is 4.79 Å². The largest absolute Gasteiger partial charge is 0.465 e. The number of nitrogens with one attached hydrogen (secondary N) is 1. The van der Waals surface area contributed by atoms with Gasteiger partial charge in [0.15, 0.2) is 0 Å². The Morgan fingerprint density at radius 1 is 1.53 bits per heavy atom. The monoisotopic (exact) mass is 208 g/mol. The van der Waals surface area contributed by atoms with E-state index < -0.39 is 0 Å². The van der Waals surface area contributed by atoms with Crippen LogP contribution in [-0.2, 0) is 4.74 Å². The summed E-state index contributed by atoms with van der Waals surface area (Å²) in [5.41, 5.74) is 8.57. The third-order valence-corrected chi connectivity index (χ3v) is 2.17. The number of aryl methyl sites for hydroxylation is 1. The molecule has 0 aromatic heterocycles. The van der Waals surface area contributed by atoms with Gasteiger partial charge < -0.3 is 15.8 Å². The van der Waals surface area contributed by atoms with E-state index >= 15 is 0 Å². The van der Waals surface area contributed by atoms with E-state index in [1.54, 1.807) is 6.07 Å². The summed E-state index contributed by atoms with van der Waals surface area (Å²) in [5, 5.41) is 3.12. The van der Waals surface area contributed by atoms with Gasteiger partial charge in [-0.3, -0.25) is 0 Å². The summed E-state index contributed by atoms with van der Waals surface area (Å²) >= 11 is 0. The average Bonchev–Trinajstić information content (AvgIpc) is 2.22. The number of esters is 1. The molecule has 1 aromatic carbocycles. The van der Waals surface area contributed by atoms with Crippen molar-refractivity contribution in [3.63, 3.8) is 0 Å². The standard InChI is InChI=1S/C11H16N2O2/c1-4-13-10-5-7(2)8(6-9(10)12)11(14)15-3/h5-6,13H,4,12H2,1-3H3. The van der Waals surface area contributed by atoms with Crippen molar-refractivity contribution in [3.8, 4) is 0 Å². The predicted molar refractivity (Wildman–Crippen MR) is 61.1 cm³/mol. The Hall–Kier alpha value is -1.71. The molecule has 0 atom stereocenters. The van der Waals surface area contributed by atoms with Crippen molar-refractivity contribution in [1.29, 1.82) is 0 Å². The minimum absolute atomic E-state index is 0.359. The molecule has 0 fully saturated rings. The summed E-state index contributed by atoms with van der Waals surface area (Å²) < 4.78 is 4.66. The van der Waals surface area contributed by atoms with Gasteiger partial charge in [-0.2, -0.15) is 0 Å². The summed E-state index contributed by atoms with van der Waals surface area (Å²) in [7, 11) is 1.36. The number of anilines is 2.